The van der Waals surface area contributed by atoms with Crippen LogP contribution in [0.1, 0.15) is 32.3 Å². The second-order valence-corrected chi connectivity index (χ2v) is 4.94. The first-order valence-electron chi connectivity index (χ1n) is 6.24. The van der Waals surface area contributed by atoms with Crippen molar-refractivity contribution in [2.45, 2.75) is 39.2 Å². The summed E-state index contributed by atoms with van der Waals surface area (Å²) in [6, 6.07) is 6.02. The van der Waals surface area contributed by atoms with Crippen LogP contribution in [-0.4, -0.2) is 12.6 Å². The average Bonchev–Trinajstić information content (AvgIpc) is 2.34. The largest absolute Gasteiger partial charge is 0.314 e. The summed E-state index contributed by atoms with van der Waals surface area (Å²) >= 11 is 12.4. The van der Waals surface area contributed by atoms with Gasteiger partial charge in [0.1, 0.15) is 0 Å². The Morgan fingerprint density at radius 1 is 1.28 bits per heavy atom. The van der Waals surface area contributed by atoms with Gasteiger partial charge in [-0.1, -0.05) is 36.2 Å². The first kappa shape index (κ1) is 15.4. The van der Waals surface area contributed by atoms with Crippen molar-refractivity contribution in [2.24, 2.45) is 0 Å². The van der Waals surface area contributed by atoms with Gasteiger partial charge >= 0.3 is 0 Å². The van der Waals surface area contributed by atoms with Crippen LogP contribution in [0.5, 0.6) is 0 Å². The molecule has 0 aromatic heterocycles. The van der Waals surface area contributed by atoms with E-state index in [1.54, 1.807) is 0 Å². The maximum Gasteiger partial charge on any atom is 0.0453 e. The van der Waals surface area contributed by atoms with Crippen LogP contribution < -0.4 is 5.32 Å². The predicted molar refractivity (Wildman–Crippen MR) is 80.3 cm³/mol. The van der Waals surface area contributed by atoms with Gasteiger partial charge in [0.05, 0.1) is 0 Å². The number of halogens is 2. The fraction of sp³-hybridized carbons (Fsp3) is 0.467. The zero-order valence-electron chi connectivity index (χ0n) is 10.9. The third kappa shape index (κ3) is 4.90. The molecule has 1 N–H and O–H groups in total. The van der Waals surface area contributed by atoms with Gasteiger partial charge in [0.25, 0.3) is 0 Å². The molecule has 0 radical (unpaired) electrons. The maximum atomic E-state index is 6.19. The van der Waals surface area contributed by atoms with E-state index in [4.69, 9.17) is 23.2 Å². The number of hydrogen-bond donors (Lipinski definition) is 1. The zero-order chi connectivity index (χ0) is 13.4. The predicted octanol–water partition coefficient (Wildman–Crippen LogP) is 4.32. The van der Waals surface area contributed by atoms with Crippen LogP contribution in [0.4, 0.5) is 0 Å². The summed E-state index contributed by atoms with van der Waals surface area (Å²) in [5.74, 6) is 6.02. The lowest BCUT2D eigenvalue weighted by Gasteiger charge is -2.18. The first-order valence-corrected chi connectivity index (χ1v) is 7.00. The van der Waals surface area contributed by atoms with E-state index in [9.17, 15) is 0 Å². The van der Waals surface area contributed by atoms with E-state index >= 15 is 0 Å². The molecule has 0 saturated carbocycles. The van der Waals surface area contributed by atoms with Crippen LogP contribution in [0.2, 0.25) is 10.0 Å². The highest BCUT2D eigenvalue weighted by Gasteiger charge is 2.12. The molecule has 0 aliphatic rings. The van der Waals surface area contributed by atoms with Crippen LogP contribution in [0.3, 0.4) is 0 Å². The van der Waals surface area contributed by atoms with Gasteiger partial charge < -0.3 is 5.32 Å². The Morgan fingerprint density at radius 2 is 1.94 bits per heavy atom. The third-order valence-electron chi connectivity index (χ3n) is 2.80. The highest BCUT2D eigenvalue weighted by Crippen LogP contribution is 2.26. The van der Waals surface area contributed by atoms with Crippen LogP contribution in [-0.2, 0) is 6.42 Å². The summed E-state index contributed by atoms with van der Waals surface area (Å²) in [7, 11) is 0. The number of likely N-dealkylation sites (N-methyl/N-ethyl adjacent to an activating group) is 1. The molecular weight excluding hydrogens is 265 g/mol. The molecule has 1 unspecified atom stereocenters. The minimum absolute atomic E-state index is 0.369. The van der Waals surface area contributed by atoms with E-state index < -0.39 is 0 Å². The Labute approximate surface area is 120 Å². The minimum atomic E-state index is 0.369. The normalized spacial score (nSPS) is 11.8. The molecule has 1 aromatic carbocycles. The lowest BCUT2D eigenvalue weighted by Crippen LogP contribution is -2.31. The van der Waals surface area contributed by atoms with Crippen molar-refractivity contribution >= 4 is 23.2 Å². The minimum Gasteiger partial charge on any atom is -0.314 e. The van der Waals surface area contributed by atoms with E-state index in [0.29, 0.717) is 6.04 Å². The number of rotatable bonds is 6. The van der Waals surface area contributed by atoms with Crippen molar-refractivity contribution in [1.29, 1.82) is 0 Å². The molecule has 0 aliphatic heterocycles. The topological polar surface area (TPSA) is 12.0 Å². The molecule has 98 valence electrons. The van der Waals surface area contributed by atoms with Gasteiger partial charge in [-0.2, -0.15) is 0 Å². The Kier molecular flexibility index (Phi) is 7.20. The molecule has 0 saturated heterocycles. The molecular formula is C15H19Cl2N. The lowest BCUT2D eigenvalue weighted by molar-refractivity contribution is 0.497. The summed E-state index contributed by atoms with van der Waals surface area (Å²) in [6.07, 6.45) is 2.75. The number of nitrogens with one attached hydrogen (secondary N) is 1. The van der Waals surface area contributed by atoms with Crippen molar-refractivity contribution in [1.82, 2.24) is 5.32 Å². The third-order valence-corrected chi connectivity index (χ3v) is 3.51. The molecule has 1 nitrogen and oxygen atoms in total. The molecule has 0 amide bonds. The highest BCUT2D eigenvalue weighted by molar-refractivity contribution is 6.35. The van der Waals surface area contributed by atoms with Crippen molar-refractivity contribution < 1.29 is 0 Å². The van der Waals surface area contributed by atoms with Gasteiger partial charge in [-0.15, -0.1) is 11.8 Å². The molecule has 1 rings (SSSR count). The molecule has 0 bridgehead atoms. The van der Waals surface area contributed by atoms with Crippen LogP contribution >= 0.6 is 23.2 Å². The Bertz CT molecular complexity index is 412. The van der Waals surface area contributed by atoms with Crippen molar-refractivity contribution in [3.05, 3.63) is 33.8 Å². The summed E-state index contributed by atoms with van der Waals surface area (Å²) in [5.41, 5.74) is 1.02. The van der Waals surface area contributed by atoms with Gasteiger partial charge in [0.2, 0.25) is 0 Å². The van der Waals surface area contributed by atoms with Gasteiger partial charge in [-0.25, -0.2) is 0 Å². The molecule has 18 heavy (non-hydrogen) atoms. The number of benzene rings is 1. The van der Waals surface area contributed by atoms with E-state index in [0.717, 1.165) is 41.4 Å². The molecule has 0 spiro atoms. The number of hydrogen-bond acceptors (Lipinski definition) is 1. The Hall–Kier alpha value is -0.680. The van der Waals surface area contributed by atoms with Gasteiger partial charge in [-0.05, 0) is 44.0 Å². The second kappa shape index (κ2) is 8.43. The van der Waals surface area contributed by atoms with Crippen LogP contribution in [0.15, 0.2) is 18.2 Å². The Balaban J connectivity index is 2.71. The molecule has 0 aliphatic carbocycles. The summed E-state index contributed by atoms with van der Waals surface area (Å²) in [5, 5.41) is 4.94. The fourth-order valence-corrected chi connectivity index (χ4v) is 2.46. The maximum absolute atomic E-state index is 6.19. The van der Waals surface area contributed by atoms with Crippen molar-refractivity contribution in [3.8, 4) is 11.8 Å². The van der Waals surface area contributed by atoms with E-state index in [2.05, 4.69) is 24.1 Å². The second-order valence-electron chi connectivity index (χ2n) is 4.12. The van der Waals surface area contributed by atoms with Crippen molar-refractivity contribution in [2.75, 3.05) is 6.54 Å². The Morgan fingerprint density at radius 3 is 2.50 bits per heavy atom. The molecule has 3 heteroatoms. The highest BCUT2D eigenvalue weighted by atomic mass is 35.5. The average molecular weight is 284 g/mol. The monoisotopic (exact) mass is 283 g/mol. The van der Waals surface area contributed by atoms with Crippen molar-refractivity contribution in [3.63, 3.8) is 0 Å². The molecule has 0 heterocycles. The van der Waals surface area contributed by atoms with Crippen LogP contribution in [0.25, 0.3) is 0 Å². The van der Waals surface area contributed by atoms with Gasteiger partial charge in [0.15, 0.2) is 0 Å². The summed E-state index contributed by atoms with van der Waals surface area (Å²) in [4.78, 5) is 0. The SMILES string of the molecule is CC#CCCC(Cc1c(Cl)cccc1Cl)NCC. The van der Waals surface area contributed by atoms with Gasteiger partial charge in [0, 0.05) is 22.5 Å². The van der Waals surface area contributed by atoms with E-state index in [1.807, 2.05) is 25.1 Å². The summed E-state index contributed by atoms with van der Waals surface area (Å²) < 4.78 is 0. The quantitative estimate of drug-likeness (QED) is 0.767. The molecule has 1 atom stereocenters. The lowest BCUT2D eigenvalue weighted by atomic mass is 10.0. The first-order chi connectivity index (χ1) is 8.69. The standard InChI is InChI=1S/C15H19Cl2N/c1-3-5-6-8-12(18-4-2)11-13-14(16)9-7-10-15(13)17/h7,9-10,12,18H,4,6,8,11H2,1-2H3. The summed E-state index contributed by atoms with van der Waals surface area (Å²) in [6.45, 7) is 4.91. The van der Waals surface area contributed by atoms with E-state index in [1.165, 1.54) is 0 Å². The smallest absolute Gasteiger partial charge is 0.0453 e. The fourth-order valence-electron chi connectivity index (χ4n) is 1.91. The molecule has 0 fully saturated rings. The van der Waals surface area contributed by atoms with Gasteiger partial charge in [-0.3, -0.25) is 0 Å². The van der Waals surface area contributed by atoms with Crippen LogP contribution in [0, 0.1) is 11.8 Å². The molecule has 1 aromatic rings. The van der Waals surface area contributed by atoms with E-state index in [-0.39, 0.29) is 0 Å². The zero-order valence-corrected chi connectivity index (χ0v) is 12.4.